The van der Waals surface area contributed by atoms with Gasteiger partial charge < -0.3 is 0 Å². The van der Waals surface area contributed by atoms with Crippen molar-refractivity contribution < 1.29 is 23.0 Å². The van der Waals surface area contributed by atoms with Crippen LogP contribution >= 0.6 is 0 Å². The molecule has 4 aromatic rings. The van der Waals surface area contributed by atoms with Crippen molar-refractivity contribution in [1.29, 1.82) is 0 Å². The van der Waals surface area contributed by atoms with Crippen LogP contribution in [0.25, 0.3) is 21.5 Å². The molecule has 0 saturated heterocycles. The fourth-order valence-electron chi connectivity index (χ4n) is 3.07. The molecule has 132 valence electrons. The third-order valence-corrected chi connectivity index (χ3v) is 4.50. The summed E-state index contributed by atoms with van der Waals surface area (Å²) in [6.45, 7) is 13.3. The molecular weight excluding hydrogens is 495 g/mol. The molecule has 0 aliphatic heterocycles. The zero-order valence-corrected chi connectivity index (χ0v) is 21.4. The van der Waals surface area contributed by atoms with Crippen LogP contribution in [0.5, 0.6) is 0 Å². The van der Waals surface area contributed by atoms with Crippen LogP contribution in [0.2, 0.25) is 13.1 Å². The quantitative estimate of drug-likeness (QED) is 0.170. The topological polar surface area (TPSA) is 0 Å². The minimum absolute atomic E-state index is 0.259. The molecule has 0 atom stereocenters. The minimum atomic E-state index is 0.259. The Morgan fingerprint density at radius 1 is 0.615 bits per heavy atom. The predicted octanol–water partition coefficient (Wildman–Crippen LogP) is 7.14. The summed E-state index contributed by atoms with van der Waals surface area (Å²) in [5.41, 5.74) is 5.74. The van der Waals surface area contributed by atoms with Crippen molar-refractivity contribution >= 4 is 27.0 Å². The fraction of sp³-hybridized carbons (Fsp3) is 0.250. The van der Waals surface area contributed by atoms with Crippen LogP contribution < -0.4 is 0 Å². The van der Waals surface area contributed by atoms with Crippen molar-refractivity contribution in [2.24, 2.45) is 0 Å². The van der Waals surface area contributed by atoms with Gasteiger partial charge in [0.25, 0.3) is 0 Å². The SMILES string of the molecule is C[Si](C)=[Hf+2].Cc1ccc(C)c2[cH-]ccc12.Cc1ccc(C)c2[cH-]ccc12. The second-order valence-corrected chi connectivity index (χ2v) is 19.9. The molecule has 0 heterocycles. The van der Waals surface area contributed by atoms with E-state index in [1.807, 2.05) is 0 Å². The Balaban J connectivity index is 0.000000156. The molecule has 26 heavy (non-hydrogen) atoms. The first-order valence-corrected chi connectivity index (χ1v) is 16.9. The van der Waals surface area contributed by atoms with Crippen molar-refractivity contribution in [2.45, 2.75) is 40.8 Å². The van der Waals surface area contributed by atoms with Crippen LogP contribution in [0.4, 0.5) is 0 Å². The summed E-state index contributed by atoms with van der Waals surface area (Å²) >= 11 is 1.45. The summed E-state index contributed by atoms with van der Waals surface area (Å²) in [5, 5.41) is 5.57. The Hall–Kier alpha value is -1.25. The van der Waals surface area contributed by atoms with Gasteiger partial charge in [-0.1, -0.05) is 37.1 Å². The van der Waals surface area contributed by atoms with Crippen molar-refractivity contribution in [3.8, 4) is 0 Å². The van der Waals surface area contributed by atoms with Crippen LogP contribution in [0.1, 0.15) is 22.3 Å². The molecule has 0 fully saturated rings. The number of hydrogen-bond acceptors (Lipinski definition) is 0. The van der Waals surface area contributed by atoms with Crippen molar-refractivity contribution in [1.82, 2.24) is 0 Å². The average molecular weight is 523 g/mol. The molecule has 4 rings (SSSR count). The Morgan fingerprint density at radius 3 is 1.23 bits per heavy atom. The summed E-state index contributed by atoms with van der Waals surface area (Å²) in [7, 11) is 0. The van der Waals surface area contributed by atoms with E-state index in [0.717, 1.165) is 0 Å². The Bertz CT molecular complexity index is 863. The summed E-state index contributed by atoms with van der Waals surface area (Å²) in [6.07, 6.45) is 0. The van der Waals surface area contributed by atoms with Crippen LogP contribution in [0.15, 0.2) is 60.7 Å². The predicted molar refractivity (Wildman–Crippen MR) is 116 cm³/mol. The number of fused-ring (bicyclic) bond motifs is 2. The second kappa shape index (κ2) is 9.62. The van der Waals surface area contributed by atoms with Crippen LogP contribution in [0, 0.1) is 27.7 Å². The molecule has 4 aromatic carbocycles. The molecular formula is C24H28HfSi. The van der Waals surface area contributed by atoms with Gasteiger partial charge in [-0.25, -0.2) is 0 Å². The normalized spacial score (nSPS) is 10.2. The minimum Gasteiger partial charge on any atom is -0.168 e. The van der Waals surface area contributed by atoms with Gasteiger partial charge in [-0.05, 0) is 13.8 Å². The molecule has 0 spiro atoms. The van der Waals surface area contributed by atoms with E-state index in [4.69, 9.17) is 0 Å². The van der Waals surface area contributed by atoms with Gasteiger partial charge in [0.15, 0.2) is 0 Å². The summed E-state index contributed by atoms with van der Waals surface area (Å²) in [6, 6.07) is 21.7. The van der Waals surface area contributed by atoms with Crippen molar-refractivity contribution in [3.63, 3.8) is 0 Å². The van der Waals surface area contributed by atoms with Gasteiger partial charge in [-0.15, -0.1) is 56.9 Å². The van der Waals surface area contributed by atoms with Crippen molar-refractivity contribution in [3.05, 3.63) is 82.9 Å². The first-order valence-electron chi connectivity index (χ1n) is 9.06. The van der Waals surface area contributed by atoms with Gasteiger partial charge in [0, 0.05) is 0 Å². The van der Waals surface area contributed by atoms with E-state index in [1.165, 1.54) is 66.8 Å². The van der Waals surface area contributed by atoms with E-state index in [1.54, 1.807) is 0 Å². The monoisotopic (exact) mass is 524 g/mol. The number of benzene rings is 2. The maximum absolute atomic E-state index is 2.33. The molecule has 0 aromatic heterocycles. The molecule has 2 heteroatoms. The van der Waals surface area contributed by atoms with Crippen molar-refractivity contribution in [2.75, 3.05) is 0 Å². The Morgan fingerprint density at radius 2 is 0.923 bits per heavy atom. The van der Waals surface area contributed by atoms with E-state index in [0.29, 0.717) is 0 Å². The third kappa shape index (κ3) is 5.37. The molecule has 0 amide bonds. The molecule has 0 aliphatic carbocycles. The van der Waals surface area contributed by atoms with Gasteiger partial charge in [0.05, 0.1) is 0 Å². The van der Waals surface area contributed by atoms with E-state index in [9.17, 15) is 0 Å². The molecule has 0 saturated carbocycles. The van der Waals surface area contributed by atoms with E-state index >= 15 is 0 Å². The average Bonchev–Trinajstić information content (AvgIpc) is 3.25. The molecule has 0 nitrogen and oxygen atoms in total. The van der Waals surface area contributed by atoms with Gasteiger partial charge in [-0.3, -0.25) is 0 Å². The standard InChI is InChI=1S/2C11H11.C2H6Si.Hf/c2*1-8-6-7-9(2)11-5-3-4-10(8)11;1-3-2;/h2*3-7H,1-2H3;1-2H3;/q2*-1;;+2. The third-order valence-electron chi connectivity index (χ3n) is 4.50. The van der Waals surface area contributed by atoms with Crippen LogP contribution in [-0.2, 0) is 23.0 Å². The number of rotatable bonds is 0. The summed E-state index contributed by atoms with van der Waals surface area (Å²) < 4.78 is 0. The molecule has 0 aliphatic rings. The Labute approximate surface area is 173 Å². The van der Waals surface area contributed by atoms with Gasteiger partial charge in [0.2, 0.25) is 0 Å². The zero-order valence-electron chi connectivity index (χ0n) is 16.8. The van der Waals surface area contributed by atoms with Gasteiger partial charge in [0.1, 0.15) is 0 Å². The maximum atomic E-state index is 2.33. The zero-order chi connectivity index (χ0) is 19.3. The van der Waals surface area contributed by atoms with Crippen LogP contribution in [0.3, 0.4) is 0 Å². The van der Waals surface area contributed by atoms with E-state index in [2.05, 4.69) is 101 Å². The number of aryl methyl sites for hydroxylation is 4. The van der Waals surface area contributed by atoms with E-state index in [-0.39, 0.29) is 5.49 Å². The molecule has 0 bridgehead atoms. The van der Waals surface area contributed by atoms with Gasteiger partial charge in [-0.2, -0.15) is 24.3 Å². The summed E-state index contributed by atoms with van der Waals surface area (Å²) in [5.74, 6) is 0. The van der Waals surface area contributed by atoms with E-state index < -0.39 is 0 Å². The van der Waals surface area contributed by atoms with Gasteiger partial charge >= 0.3 is 41.6 Å². The summed E-state index contributed by atoms with van der Waals surface area (Å²) in [4.78, 5) is 0. The molecule has 0 unspecified atom stereocenters. The number of hydrogen-bond donors (Lipinski definition) is 0. The molecule has 0 radical (unpaired) electrons. The Kier molecular flexibility index (Phi) is 7.79. The first-order chi connectivity index (χ1) is 12.3. The fourth-order valence-corrected chi connectivity index (χ4v) is 3.07. The maximum Gasteiger partial charge on any atom is -0.0488 e. The largest absolute Gasteiger partial charge is 0.168 e. The molecule has 0 N–H and O–H groups in total. The second-order valence-electron chi connectivity index (χ2n) is 7.10. The first kappa shape index (κ1) is 21.1. The smallest absolute Gasteiger partial charge is 0.0488 e. The van der Waals surface area contributed by atoms with Crippen LogP contribution in [-0.4, -0.2) is 5.49 Å².